The summed E-state index contributed by atoms with van der Waals surface area (Å²) in [7, 11) is 4.00. The Kier molecular flexibility index (Phi) is 6.42. The maximum Gasteiger partial charge on any atom is 0.261 e. The summed E-state index contributed by atoms with van der Waals surface area (Å²) in [5, 5.41) is 12.1. The summed E-state index contributed by atoms with van der Waals surface area (Å²) >= 11 is 0. The Balaban J connectivity index is 1.93. The van der Waals surface area contributed by atoms with Crippen molar-refractivity contribution in [3.8, 4) is 5.75 Å². The van der Waals surface area contributed by atoms with Gasteiger partial charge in [0.1, 0.15) is 5.75 Å². The number of aliphatic hydroxyl groups is 1. The fourth-order valence-corrected chi connectivity index (χ4v) is 2.46. The van der Waals surface area contributed by atoms with Crippen molar-refractivity contribution in [3.63, 3.8) is 0 Å². The van der Waals surface area contributed by atoms with Crippen LogP contribution in [0.2, 0.25) is 0 Å². The maximum atomic E-state index is 12.3. The number of aryl methyl sites for hydroxylation is 1. The molecule has 0 bridgehead atoms. The predicted molar refractivity (Wildman–Crippen MR) is 99.8 cm³/mol. The summed E-state index contributed by atoms with van der Waals surface area (Å²) in [6.45, 7) is 4.15. The third-order valence-corrected chi connectivity index (χ3v) is 4.06. The molecular weight excluding hydrogens is 316 g/mol. The number of anilines is 1. The van der Waals surface area contributed by atoms with Gasteiger partial charge < -0.3 is 20.1 Å². The standard InChI is InChI=1S/C20H26N2O3/c1-14-10-18(22(3)4)9-8-17(14)12-21-20(24)15(2)25-19-7-5-6-16(11-19)13-23/h5-11,15,23H,12-13H2,1-4H3,(H,21,24). The summed E-state index contributed by atoms with van der Waals surface area (Å²) in [6, 6.07) is 13.3. The van der Waals surface area contributed by atoms with E-state index in [4.69, 9.17) is 9.84 Å². The molecule has 5 nitrogen and oxygen atoms in total. The number of carbonyl (C=O) groups is 1. The average molecular weight is 342 g/mol. The van der Waals surface area contributed by atoms with E-state index >= 15 is 0 Å². The third-order valence-electron chi connectivity index (χ3n) is 4.06. The van der Waals surface area contributed by atoms with E-state index in [0.29, 0.717) is 12.3 Å². The second-order valence-electron chi connectivity index (χ2n) is 6.29. The van der Waals surface area contributed by atoms with Gasteiger partial charge in [-0.05, 0) is 54.8 Å². The molecule has 0 saturated heterocycles. The van der Waals surface area contributed by atoms with Crippen LogP contribution in [0.3, 0.4) is 0 Å². The Labute approximate surface area is 149 Å². The molecule has 1 amide bonds. The first-order valence-electron chi connectivity index (χ1n) is 8.31. The van der Waals surface area contributed by atoms with Gasteiger partial charge in [0.2, 0.25) is 0 Å². The molecule has 0 saturated carbocycles. The van der Waals surface area contributed by atoms with E-state index in [1.807, 2.05) is 38.1 Å². The second kappa shape index (κ2) is 8.53. The lowest BCUT2D eigenvalue weighted by atomic mass is 10.1. The van der Waals surface area contributed by atoms with Crippen LogP contribution in [0, 0.1) is 6.92 Å². The summed E-state index contributed by atoms with van der Waals surface area (Å²) in [4.78, 5) is 14.3. The van der Waals surface area contributed by atoms with Gasteiger partial charge >= 0.3 is 0 Å². The van der Waals surface area contributed by atoms with Gasteiger partial charge in [0.05, 0.1) is 6.61 Å². The zero-order valence-electron chi connectivity index (χ0n) is 15.2. The topological polar surface area (TPSA) is 61.8 Å². The normalized spacial score (nSPS) is 11.7. The fraction of sp³-hybridized carbons (Fsp3) is 0.350. The molecule has 2 aromatic carbocycles. The van der Waals surface area contributed by atoms with Crippen LogP contribution in [0.25, 0.3) is 0 Å². The summed E-state index contributed by atoms with van der Waals surface area (Å²) in [5.41, 5.74) is 4.10. The first-order chi connectivity index (χ1) is 11.9. The number of ether oxygens (including phenoxy) is 1. The first kappa shape index (κ1) is 18.8. The monoisotopic (exact) mass is 342 g/mol. The highest BCUT2D eigenvalue weighted by atomic mass is 16.5. The fourth-order valence-electron chi connectivity index (χ4n) is 2.46. The van der Waals surface area contributed by atoms with Gasteiger partial charge in [-0.2, -0.15) is 0 Å². The highest BCUT2D eigenvalue weighted by molar-refractivity contribution is 5.80. The maximum absolute atomic E-state index is 12.3. The molecule has 0 aromatic heterocycles. The van der Waals surface area contributed by atoms with Crippen LogP contribution in [0.4, 0.5) is 5.69 Å². The minimum Gasteiger partial charge on any atom is -0.481 e. The van der Waals surface area contributed by atoms with Crippen molar-refractivity contribution in [2.24, 2.45) is 0 Å². The van der Waals surface area contributed by atoms with Gasteiger partial charge in [0.15, 0.2) is 6.10 Å². The minimum atomic E-state index is -0.615. The third kappa shape index (κ3) is 5.22. The lowest BCUT2D eigenvalue weighted by molar-refractivity contribution is -0.127. The highest BCUT2D eigenvalue weighted by Gasteiger charge is 2.15. The van der Waals surface area contributed by atoms with Crippen molar-refractivity contribution in [2.45, 2.75) is 33.1 Å². The van der Waals surface area contributed by atoms with Gasteiger partial charge in [0, 0.05) is 26.3 Å². The molecule has 5 heteroatoms. The molecule has 1 unspecified atom stereocenters. The van der Waals surface area contributed by atoms with Crippen molar-refractivity contribution >= 4 is 11.6 Å². The van der Waals surface area contributed by atoms with Gasteiger partial charge in [-0.3, -0.25) is 4.79 Å². The molecule has 134 valence electrons. The first-order valence-corrected chi connectivity index (χ1v) is 8.31. The molecule has 0 aliphatic heterocycles. The van der Waals surface area contributed by atoms with Gasteiger partial charge in [-0.15, -0.1) is 0 Å². The largest absolute Gasteiger partial charge is 0.481 e. The summed E-state index contributed by atoms with van der Waals surface area (Å²) in [6.07, 6.45) is -0.615. The Morgan fingerprint density at radius 1 is 1.24 bits per heavy atom. The van der Waals surface area contributed by atoms with Gasteiger partial charge in [-0.1, -0.05) is 18.2 Å². The lowest BCUT2D eigenvalue weighted by Gasteiger charge is -2.17. The van der Waals surface area contributed by atoms with Crippen LogP contribution in [-0.2, 0) is 17.9 Å². The molecule has 2 aromatic rings. The SMILES string of the molecule is Cc1cc(N(C)C)ccc1CNC(=O)C(C)Oc1cccc(CO)c1. The number of rotatable bonds is 7. The number of hydrogen-bond donors (Lipinski definition) is 2. The minimum absolute atomic E-state index is 0.0556. The molecule has 25 heavy (non-hydrogen) atoms. The number of benzene rings is 2. The van der Waals surface area contributed by atoms with Crippen molar-refractivity contribution in [2.75, 3.05) is 19.0 Å². The molecule has 0 fully saturated rings. The van der Waals surface area contributed by atoms with Crippen LogP contribution in [0.15, 0.2) is 42.5 Å². The molecule has 2 N–H and O–H groups in total. The number of nitrogens with zero attached hydrogens (tertiary/aromatic N) is 1. The summed E-state index contributed by atoms with van der Waals surface area (Å²) < 4.78 is 5.66. The second-order valence-corrected chi connectivity index (χ2v) is 6.29. The predicted octanol–water partition coefficient (Wildman–Crippen LogP) is 2.64. The van der Waals surface area contributed by atoms with Gasteiger partial charge in [-0.25, -0.2) is 0 Å². The Bertz CT molecular complexity index is 729. The quantitative estimate of drug-likeness (QED) is 0.812. The van der Waals surface area contributed by atoms with Crippen molar-refractivity contribution in [1.82, 2.24) is 5.32 Å². The van der Waals surface area contributed by atoms with E-state index in [1.165, 1.54) is 0 Å². The van der Waals surface area contributed by atoms with E-state index in [-0.39, 0.29) is 12.5 Å². The van der Waals surface area contributed by atoms with Crippen LogP contribution in [0.5, 0.6) is 5.75 Å². The average Bonchev–Trinajstić information content (AvgIpc) is 2.60. The molecule has 0 heterocycles. The Morgan fingerprint density at radius 3 is 2.64 bits per heavy atom. The van der Waals surface area contributed by atoms with Crippen molar-refractivity contribution in [3.05, 3.63) is 59.2 Å². The molecule has 1 atom stereocenters. The van der Waals surface area contributed by atoms with Crippen LogP contribution < -0.4 is 15.0 Å². The lowest BCUT2D eigenvalue weighted by Crippen LogP contribution is -2.36. The van der Waals surface area contributed by atoms with E-state index in [0.717, 1.165) is 22.4 Å². The molecule has 0 spiro atoms. The van der Waals surface area contributed by atoms with Gasteiger partial charge in [0.25, 0.3) is 5.91 Å². The Morgan fingerprint density at radius 2 is 2.00 bits per heavy atom. The zero-order chi connectivity index (χ0) is 18.4. The number of amides is 1. The van der Waals surface area contributed by atoms with Crippen LogP contribution >= 0.6 is 0 Å². The summed E-state index contributed by atoms with van der Waals surface area (Å²) in [5.74, 6) is 0.395. The molecular formula is C20H26N2O3. The molecule has 0 radical (unpaired) electrons. The highest BCUT2D eigenvalue weighted by Crippen LogP contribution is 2.18. The smallest absolute Gasteiger partial charge is 0.261 e. The van der Waals surface area contributed by atoms with Crippen molar-refractivity contribution in [1.29, 1.82) is 0 Å². The number of carbonyl (C=O) groups excluding carboxylic acids is 1. The molecule has 0 aliphatic carbocycles. The van der Waals surface area contributed by atoms with E-state index in [9.17, 15) is 4.79 Å². The molecule has 2 rings (SSSR count). The Hall–Kier alpha value is -2.53. The van der Waals surface area contributed by atoms with Crippen molar-refractivity contribution < 1.29 is 14.6 Å². The van der Waals surface area contributed by atoms with Crippen LogP contribution in [-0.4, -0.2) is 31.2 Å². The number of nitrogens with one attached hydrogen (secondary N) is 1. The number of aliphatic hydroxyl groups excluding tert-OH is 1. The van der Waals surface area contributed by atoms with E-state index < -0.39 is 6.10 Å². The number of hydrogen-bond acceptors (Lipinski definition) is 4. The van der Waals surface area contributed by atoms with E-state index in [2.05, 4.69) is 11.4 Å². The van der Waals surface area contributed by atoms with Crippen LogP contribution in [0.1, 0.15) is 23.6 Å². The van der Waals surface area contributed by atoms with E-state index in [1.54, 1.807) is 31.2 Å². The zero-order valence-corrected chi connectivity index (χ0v) is 15.2. The molecule has 0 aliphatic rings.